The summed E-state index contributed by atoms with van der Waals surface area (Å²) in [4.78, 5) is 14.2. The molecule has 0 bridgehead atoms. The SMILES string of the molecule is CC(=O)/C=C(/C)O.COc1c[c-]c(-c2cc(CO)ccn2)cc1.[Ir]. The Hall–Kier alpha value is -2.01. The average Bonchev–Trinajstić information content (AvgIpc) is 2.54. The van der Waals surface area contributed by atoms with Crippen molar-refractivity contribution in [2.45, 2.75) is 20.5 Å². The van der Waals surface area contributed by atoms with Crippen molar-refractivity contribution in [1.29, 1.82) is 0 Å². The molecule has 0 aliphatic carbocycles. The summed E-state index contributed by atoms with van der Waals surface area (Å²) in [6.45, 7) is 2.87. The molecule has 0 atom stereocenters. The standard InChI is InChI=1S/C13H12NO2.C5H8O2.Ir/c1-16-12-4-2-11(3-5-12)13-8-10(9-15)6-7-14-13;1-4(6)3-5(2)7;/h2,4-8,15H,9H2,1H3;3,6H,1-2H3;/q-1;;/b;4-3-;. The Bertz CT molecular complexity index is 665. The normalized spacial score (nSPS) is 10.1. The minimum absolute atomic E-state index is 0. The van der Waals surface area contributed by atoms with Gasteiger partial charge in [-0.25, -0.2) is 0 Å². The number of ether oxygens (including phenoxy) is 1. The van der Waals surface area contributed by atoms with Gasteiger partial charge in [-0.05, 0) is 31.2 Å². The fourth-order valence-electron chi connectivity index (χ4n) is 1.71. The zero-order chi connectivity index (χ0) is 17.2. The summed E-state index contributed by atoms with van der Waals surface area (Å²) < 4.78 is 5.06. The summed E-state index contributed by atoms with van der Waals surface area (Å²) in [5, 5.41) is 17.4. The van der Waals surface area contributed by atoms with Crippen LogP contribution in [0.4, 0.5) is 0 Å². The number of allylic oxidation sites excluding steroid dienone is 2. The van der Waals surface area contributed by atoms with E-state index in [1.54, 1.807) is 25.4 Å². The summed E-state index contributed by atoms with van der Waals surface area (Å²) in [5.74, 6) is 0.703. The summed E-state index contributed by atoms with van der Waals surface area (Å²) in [5.41, 5.74) is 2.53. The van der Waals surface area contributed by atoms with Crippen LogP contribution in [-0.2, 0) is 31.5 Å². The molecule has 0 saturated carbocycles. The number of nitrogens with zero attached hydrogens (tertiary/aromatic N) is 1. The van der Waals surface area contributed by atoms with E-state index in [1.807, 2.05) is 18.2 Å². The fraction of sp³-hybridized carbons (Fsp3) is 0.222. The Morgan fingerprint density at radius 3 is 2.46 bits per heavy atom. The Balaban J connectivity index is 0.000000570. The van der Waals surface area contributed by atoms with Gasteiger partial charge in [0.2, 0.25) is 0 Å². The third-order valence-corrected chi connectivity index (χ3v) is 2.71. The quantitative estimate of drug-likeness (QED) is 0.379. The van der Waals surface area contributed by atoms with Crippen molar-refractivity contribution < 1.29 is 39.8 Å². The molecular weight excluding hydrogens is 486 g/mol. The molecule has 0 fully saturated rings. The van der Waals surface area contributed by atoms with Gasteiger partial charge in [0.05, 0.1) is 19.5 Å². The molecule has 0 amide bonds. The predicted octanol–water partition coefficient (Wildman–Crippen LogP) is 3.08. The first kappa shape index (κ1) is 22.0. The smallest absolute Gasteiger partial charge is 0.155 e. The molecule has 0 saturated heterocycles. The average molecular weight is 507 g/mol. The van der Waals surface area contributed by atoms with Gasteiger partial charge in [-0.15, -0.1) is 29.8 Å². The molecule has 2 N–H and O–H groups in total. The molecule has 131 valence electrons. The molecule has 2 aromatic rings. The maximum Gasteiger partial charge on any atom is 0.155 e. The summed E-state index contributed by atoms with van der Waals surface area (Å²) in [6.07, 6.45) is 2.85. The Kier molecular flexibility index (Phi) is 10.5. The van der Waals surface area contributed by atoms with E-state index in [-0.39, 0.29) is 38.3 Å². The van der Waals surface area contributed by atoms with E-state index < -0.39 is 0 Å². The van der Waals surface area contributed by atoms with Gasteiger partial charge in [0.25, 0.3) is 0 Å². The second kappa shape index (κ2) is 11.5. The molecule has 1 aromatic carbocycles. The van der Waals surface area contributed by atoms with Gasteiger partial charge in [0.15, 0.2) is 5.78 Å². The van der Waals surface area contributed by atoms with Gasteiger partial charge in [-0.2, -0.15) is 0 Å². The van der Waals surface area contributed by atoms with Gasteiger partial charge in [0, 0.05) is 38.1 Å². The van der Waals surface area contributed by atoms with Crippen LogP contribution in [0.15, 0.2) is 48.4 Å². The minimum Gasteiger partial charge on any atom is -0.540 e. The second-order valence-corrected chi connectivity index (χ2v) is 4.75. The molecule has 0 unspecified atom stereocenters. The van der Waals surface area contributed by atoms with Gasteiger partial charge in [-0.1, -0.05) is 6.07 Å². The molecule has 6 heteroatoms. The van der Waals surface area contributed by atoms with Crippen LogP contribution < -0.4 is 4.74 Å². The number of methoxy groups -OCH3 is 1. The Morgan fingerprint density at radius 1 is 1.33 bits per heavy atom. The number of pyridine rings is 1. The summed E-state index contributed by atoms with van der Waals surface area (Å²) in [7, 11) is 1.62. The maximum absolute atomic E-state index is 10.0. The van der Waals surface area contributed by atoms with Crippen molar-refractivity contribution in [2.75, 3.05) is 7.11 Å². The number of rotatable bonds is 4. The van der Waals surface area contributed by atoms with Crippen LogP contribution in [0.3, 0.4) is 0 Å². The van der Waals surface area contributed by atoms with Crippen LogP contribution in [-0.4, -0.2) is 28.1 Å². The number of aliphatic hydroxyl groups excluding tert-OH is 2. The molecule has 0 spiro atoms. The molecule has 0 aliphatic rings. The van der Waals surface area contributed by atoms with Gasteiger partial charge in [-0.3, -0.25) is 4.79 Å². The summed E-state index contributed by atoms with van der Waals surface area (Å²) >= 11 is 0. The van der Waals surface area contributed by atoms with Crippen molar-refractivity contribution in [2.24, 2.45) is 0 Å². The number of aliphatic hydroxyl groups is 2. The second-order valence-electron chi connectivity index (χ2n) is 4.75. The number of hydrogen-bond donors (Lipinski definition) is 2. The topological polar surface area (TPSA) is 79.7 Å². The van der Waals surface area contributed by atoms with E-state index >= 15 is 0 Å². The maximum atomic E-state index is 10.0. The van der Waals surface area contributed by atoms with Crippen LogP contribution in [0, 0.1) is 6.07 Å². The first-order chi connectivity index (χ1) is 11.0. The number of aromatic nitrogens is 1. The third kappa shape index (κ3) is 8.01. The molecular formula is C18H20IrNO4-. The fourth-order valence-corrected chi connectivity index (χ4v) is 1.71. The minimum atomic E-state index is -0.125. The number of carbonyl (C=O) groups is 1. The third-order valence-electron chi connectivity index (χ3n) is 2.71. The molecule has 1 aromatic heterocycles. The molecule has 2 rings (SSSR count). The molecule has 1 radical (unpaired) electrons. The van der Waals surface area contributed by atoms with E-state index in [0.29, 0.717) is 0 Å². The molecule has 1 heterocycles. The van der Waals surface area contributed by atoms with Crippen molar-refractivity contribution in [3.8, 4) is 17.0 Å². The van der Waals surface area contributed by atoms with Crippen LogP contribution in [0.5, 0.6) is 5.75 Å². The van der Waals surface area contributed by atoms with Gasteiger partial charge >= 0.3 is 0 Å². The predicted molar refractivity (Wildman–Crippen MR) is 88.1 cm³/mol. The van der Waals surface area contributed by atoms with Crippen molar-refractivity contribution in [3.05, 3.63) is 60.0 Å². The Morgan fingerprint density at radius 2 is 2.04 bits per heavy atom. The van der Waals surface area contributed by atoms with Gasteiger partial charge in [0.1, 0.15) is 0 Å². The number of hydrogen-bond acceptors (Lipinski definition) is 5. The van der Waals surface area contributed by atoms with Crippen LogP contribution in [0.25, 0.3) is 11.3 Å². The van der Waals surface area contributed by atoms with E-state index in [9.17, 15) is 4.79 Å². The summed E-state index contributed by atoms with van der Waals surface area (Å²) in [6, 6.07) is 12.2. The van der Waals surface area contributed by atoms with Crippen LogP contribution >= 0.6 is 0 Å². The van der Waals surface area contributed by atoms with Crippen molar-refractivity contribution >= 4 is 5.78 Å². The van der Waals surface area contributed by atoms with Gasteiger partial charge < -0.3 is 19.9 Å². The largest absolute Gasteiger partial charge is 0.540 e. The number of benzene rings is 1. The first-order valence-electron chi connectivity index (χ1n) is 6.96. The zero-order valence-corrected chi connectivity index (χ0v) is 16.1. The molecule has 24 heavy (non-hydrogen) atoms. The first-order valence-corrected chi connectivity index (χ1v) is 6.96. The number of carbonyl (C=O) groups excluding carboxylic acids is 1. The molecule has 0 aliphatic heterocycles. The zero-order valence-electron chi connectivity index (χ0n) is 13.7. The van der Waals surface area contributed by atoms with E-state index in [4.69, 9.17) is 14.9 Å². The van der Waals surface area contributed by atoms with Crippen molar-refractivity contribution in [1.82, 2.24) is 4.98 Å². The van der Waals surface area contributed by atoms with Crippen LogP contribution in [0.1, 0.15) is 19.4 Å². The molecule has 5 nitrogen and oxygen atoms in total. The van der Waals surface area contributed by atoms with Crippen molar-refractivity contribution in [3.63, 3.8) is 0 Å². The van der Waals surface area contributed by atoms with E-state index in [0.717, 1.165) is 22.6 Å². The Labute approximate surface area is 155 Å². The van der Waals surface area contributed by atoms with E-state index in [2.05, 4.69) is 11.1 Å². The monoisotopic (exact) mass is 507 g/mol. The number of ketones is 1. The van der Waals surface area contributed by atoms with E-state index in [1.165, 1.54) is 19.9 Å². The van der Waals surface area contributed by atoms with Crippen LogP contribution in [0.2, 0.25) is 0 Å².